The molecule has 1 aromatic heterocycles. The number of fused-ring (bicyclic) bond motifs is 1. The Kier molecular flexibility index (Phi) is 4.90. The van der Waals surface area contributed by atoms with Gasteiger partial charge >= 0.3 is 0 Å². The van der Waals surface area contributed by atoms with Gasteiger partial charge in [0.05, 0.1) is 16.8 Å². The fourth-order valence-corrected chi connectivity index (χ4v) is 4.57. The molecule has 148 valence electrons. The number of hydrogen-bond acceptors (Lipinski definition) is 7. The first kappa shape index (κ1) is 18.6. The van der Waals surface area contributed by atoms with Gasteiger partial charge in [0.2, 0.25) is 10.0 Å². The molecule has 2 aromatic rings. The van der Waals surface area contributed by atoms with E-state index in [0.29, 0.717) is 24.7 Å². The van der Waals surface area contributed by atoms with Crippen molar-refractivity contribution in [1.82, 2.24) is 19.2 Å². The number of aromatic nitrogens is 2. The summed E-state index contributed by atoms with van der Waals surface area (Å²) in [4.78, 5) is 22.5. The first-order valence-corrected chi connectivity index (χ1v) is 10.4. The highest BCUT2D eigenvalue weighted by Gasteiger charge is 2.31. The van der Waals surface area contributed by atoms with Crippen molar-refractivity contribution in [2.45, 2.75) is 11.8 Å². The van der Waals surface area contributed by atoms with Crippen LogP contribution in [0.2, 0.25) is 0 Å². The van der Waals surface area contributed by atoms with E-state index in [1.807, 2.05) is 0 Å². The second-order valence-electron chi connectivity index (χ2n) is 6.54. The van der Waals surface area contributed by atoms with E-state index < -0.39 is 10.0 Å². The van der Waals surface area contributed by atoms with Crippen molar-refractivity contribution in [2.75, 3.05) is 39.4 Å². The molecule has 1 saturated heterocycles. The third-order valence-electron chi connectivity index (χ3n) is 4.68. The van der Waals surface area contributed by atoms with Crippen molar-refractivity contribution in [3.8, 4) is 11.5 Å². The second-order valence-corrected chi connectivity index (χ2v) is 8.48. The van der Waals surface area contributed by atoms with Crippen LogP contribution in [0.4, 0.5) is 0 Å². The van der Waals surface area contributed by atoms with Gasteiger partial charge in [0.15, 0.2) is 11.5 Å². The van der Waals surface area contributed by atoms with Gasteiger partial charge in [0, 0.05) is 38.4 Å². The Balaban J connectivity index is 1.45. The van der Waals surface area contributed by atoms with E-state index in [9.17, 15) is 13.2 Å². The molecule has 0 N–H and O–H groups in total. The molecule has 10 heteroatoms. The summed E-state index contributed by atoms with van der Waals surface area (Å²) >= 11 is 0. The molecule has 1 amide bonds. The number of carbonyl (C=O) groups is 1. The predicted octanol–water partition coefficient (Wildman–Crippen LogP) is 0.703. The maximum absolute atomic E-state index is 13.0. The molecule has 3 heterocycles. The zero-order valence-electron chi connectivity index (χ0n) is 15.4. The third-order valence-corrected chi connectivity index (χ3v) is 6.57. The number of aryl methyl sites for hydroxylation is 1. The summed E-state index contributed by atoms with van der Waals surface area (Å²) in [5.41, 5.74) is 0.987. The Labute approximate surface area is 163 Å². The molecular weight excluding hydrogens is 384 g/mol. The van der Waals surface area contributed by atoms with Crippen LogP contribution >= 0.6 is 0 Å². The summed E-state index contributed by atoms with van der Waals surface area (Å²) in [6, 6.07) is 4.61. The van der Waals surface area contributed by atoms with Crippen LogP contribution in [0, 0.1) is 6.92 Å². The Morgan fingerprint density at radius 2 is 1.71 bits per heavy atom. The minimum Gasteiger partial charge on any atom is -0.486 e. The van der Waals surface area contributed by atoms with Crippen LogP contribution in [-0.2, 0) is 10.0 Å². The quantitative estimate of drug-likeness (QED) is 0.742. The van der Waals surface area contributed by atoms with Gasteiger partial charge in [-0.15, -0.1) is 0 Å². The molecule has 4 rings (SSSR count). The van der Waals surface area contributed by atoms with Gasteiger partial charge in [-0.1, -0.05) is 0 Å². The fraction of sp³-hybridized carbons (Fsp3) is 0.389. The topological polar surface area (TPSA) is 102 Å². The van der Waals surface area contributed by atoms with Gasteiger partial charge in [-0.2, -0.15) is 4.31 Å². The molecule has 2 aliphatic heterocycles. The van der Waals surface area contributed by atoms with Crippen molar-refractivity contribution in [3.05, 3.63) is 42.0 Å². The zero-order chi connectivity index (χ0) is 19.7. The summed E-state index contributed by atoms with van der Waals surface area (Å²) < 4.78 is 38.2. The SMILES string of the molecule is Cc1cnc(C(=O)N2CCN(S(=O)(=O)c3ccc4c(c3)OCCO4)CC2)cn1. The number of rotatable bonds is 3. The van der Waals surface area contributed by atoms with Crippen LogP contribution in [0.15, 0.2) is 35.5 Å². The van der Waals surface area contributed by atoms with Gasteiger partial charge < -0.3 is 14.4 Å². The van der Waals surface area contributed by atoms with Crippen LogP contribution in [0.3, 0.4) is 0 Å². The number of ether oxygens (including phenoxy) is 2. The van der Waals surface area contributed by atoms with Crippen molar-refractivity contribution >= 4 is 15.9 Å². The predicted molar refractivity (Wildman–Crippen MR) is 98.9 cm³/mol. The van der Waals surface area contributed by atoms with Gasteiger partial charge in [0.1, 0.15) is 18.9 Å². The summed E-state index contributed by atoms with van der Waals surface area (Å²) in [5.74, 6) is 0.725. The molecular formula is C18H20N4O5S. The first-order chi connectivity index (χ1) is 13.4. The van der Waals surface area contributed by atoms with Crippen LogP contribution in [0.25, 0.3) is 0 Å². The maximum Gasteiger partial charge on any atom is 0.274 e. The van der Waals surface area contributed by atoms with E-state index in [0.717, 1.165) is 5.69 Å². The Bertz CT molecular complexity index is 986. The van der Waals surface area contributed by atoms with E-state index in [2.05, 4.69) is 9.97 Å². The Hall–Kier alpha value is -2.72. The molecule has 2 aliphatic rings. The van der Waals surface area contributed by atoms with E-state index >= 15 is 0 Å². The highest BCUT2D eigenvalue weighted by molar-refractivity contribution is 7.89. The van der Waals surface area contributed by atoms with Gasteiger partial charge in [0.25, 0.3) is 5.91 Å². The Morgan fingerprint density at radius 3 is 2.39 bits per heavy atom. The van der Waals surface area contributed by atoms with Crippen molar-refractivity contribution in [3.63, 3.8) is 0 Å². The number of benzene rings is 1. The van der Waals surface area contributed by atoms with Crippen molar-refractivity contribution in [2.24, 2.45) is 0 Å². The number of nitrogens with zero attached hydrogens (tertiary/aromatic N) is 4. The lowest BCUT2D eigenvalue weighted by molar-refractivity contribution is 0.0691. The highest BCUT2D eigenvalue weighted by Crippen LogP contribution is 2.33. The normalized spacial score (nSPS) is 17.4. The lowest BCUT2D eigenvalue weighted by Crippen LogP contribution is -2.50. The Morgan fingerprint density at radius 1 is 1.00 bits per heavy atom. The average molecular weight is 404 g/mol. The number of piperazine rings is 1. The maximum atomic E-state index is 13.0. The molecule has 1 aromatic carbocycles. The highest BCUT2D eigenvalue weighted by atomic mass is 32.2. The minimum atomic E-state index is -3.68. The number of carbonyl (C=O) groups excluding carboxylic acids is 1. The smallest absolute Gasteiger partial charge is 0.274 e. The van der Waals surface area contributed by atoms with Gasteiger partial charge in [-0.3, -0.25) is 9.78 Å². The summed E-state index contributed by atoms with van der Waals surface area (Å²) in [6.45, 7) is 3.63. The van der Waals surface area contributed by atoms with Crippen molar-refractivity contribution in [1.29, 1.82) is 0 Å². The molecule has 0 unspecified atom stereocenters. The van der Waals surface area contributed by atoms with Crippen LogP contribution < -0.4 is 9.47 Å². The van der Waals surface area contributed by atoms with Crippen LogP contribution in [-0.4, -0.2) is 72.9 Å². The number of hydrogen-bond donors (Lipinski definition) is 0. The largest absolute Gasteiger partial charge is 0.486 e. The summed E-state index contributed by atoms with van der Waals surface area (Å²) in [7, 11) is -3.68. The van der Waals surface area contributed by atoms with E-state index in [1.165, 1.54) is 28.8 Å². The zero-order valence-corrected chi connectivity index (χ0v) is 16.2. The van der Waals surface area contributed by atoms with Crippen LogP contribution in [0.5, 0.6) is 11.5 Å². The fourth-order valence-electron chi connectivity index (χ4n) is 3.13. The molecule has 0 saturated carbocycles. The monoisotopic (exact) mass is 404 g/mol. The van der Waals surface area contributed by atoms with E-state index in [1.54, 1.807) is 17.9 Å². The summed E-state index contributed by atoms with van der Waals surface area (Å²) in [5, 5.41) is 0. The molecule has 28 heavy (non-hydrogen) atoms. The molecule has 0 aliphatic carbocycles. The molecule has 0 atom stereocenters. The van der Waals surface area contributed by atoms with Gasteiger partial charge in [-0.05, 0) is 19.1 Å². The molecule has 1 fully saturated rings. The van der Waals surface area contributed by atoms with E-state index in [4.69, 9.17) is 9.47 Å². The minimum absolute atomic E-state index is 0.154. The third kappa shape index (κ3) is 3.52. The number of sulfonamides is 1. The van der Waals surface area contributed by atoms with Crippen molar-refractivity contribution < 1.29 is 22.7 Å². The second kappa shape index (κ2) is 7.36. The summed E-state index contributed by atoms with van der Waals surface area (Å²) in [6.07, 6.45) is 2.98. The van der Waals surface area contributed by atoms with Crippen LogP contribution in [0.1, 0.15) is 16.2 Å². The lowest BCUT2D eigenvalue weighted by Gasteiger charge is -2.34. The molecule has 0 radical (unpaired) electrons. The molecule has 9 nitrogen and oxygen atoms in total. The standard InChI is InChI=1S/C18H20N4O5S/c1-13-11-20-15(12-19-13)18(23)21-4-6-22(7-5-21)28(24,25)14-2-3-16-17(10-14)27-9-8-26-16/h2-3,10-12H,4-9H2,1H3. The molecule has 0 bridgehead atoms. The van der Waals surface area contributed by atoms with Gasteiger partial charge in [-0.25, -0.2) is 13.4 Å². The average Bonchev–Trinajstić information content (AvgIpc) is 2.73. The number of amides is 1. The molecule has 0 spiro atoms. The lowest BCUT2D eigenvalue weighted by atomic mass is 10.3. The first-order valence-electron chi connectivity index (χ1n) is 8.93. The van der Waals surface area contributed by atoms with E-state index in [-0.39, 0.29) is 42.7 Å².